The summed E-state index contributed by atoms with van der Waals surface area (Å²) in [7, 11) is 0. The van der Waals surface area contributed by atoms with Crippen LogP contribution in [0, 0.1) is 0 Å². The fraction of sp³-hybridized carbons (Fsp3) is 0. The number of aromatic nitrogens is 1. The fourth-order valence-electron chi connectivity index (χ4n) is 3.28. The number of benzene rings is 3. The summed E-state index contributed by atoms with van der Waals surface area (Å²) in [5.74, 6) is 0. The molecule has 0 unspecified atom stereocenters. The van der Waals surface area contributed by atoms with Gasteiger partial charge in [-0.2, -0.15) is 0 Å². The third kappa shape index (κ3) is 2.60. The van der Waals surface area contributed by atoms with E-state index >= 15 is 0 Å². The van der Waals surface area contributed by atoms with Gasteiger partial charge in [-0.25, -0.2) is 0 Å². The molecule has 0 amide bonds. The molecule has 1 nitrogen and oxygen atoms in total. The Hall–Kier alpha value is -2.67. The van der Waals surface area contributed by atoms with Crippen molar-refractivity contribution in [1.82, 2.24) is 4.98 Å². The molecule has 0 radical (unpaired) electrons. The third-order valence-corrected chi connectivity index (χ3v) is 6.92. The number of fused-ring (bicyclic) bond motifs is 3. The Balaban J connectivity index is 1.64. The van der Waals surface area contributed by atoms with Gasteiger partial charge in [0.25, 0.3) is 0 Å². The van der Waals surface area contributed by atoms with Crippen molar-refractivity contribution in [2.24, 2.45) is 0 Å². The molecule has 0 saturated heterocycles. The monoisotopic (exact) mass is 385 g/mol. The summed E-state index contributed by atoms with van der Waals surface area (Å²) in [4.78, 5) is 4.54. The van der Waals surface area contributed by atoms with E-state index in [0.717, 1.165) is 11.3 Å². The average molecular weight is 384 g/mol. The molecule has 0 atom stereocenters. The van der Waals surface area contributed by atoms with Crippen LogP contribution in [0.3, 0.4) is 0 Å². The first kappa shape index (κ1) is 14.7. The van der Waals surface area contributed by atoms with Gasteiger partial charge in [0.05, 0.1) is 0 Å². The first-order chi connectivity index (χ1) is 12.4. The normalized spacial score (nSPS) is 11.2. The molecule has 0 fully saturated rings. The molecule has 0 aliphatic carbocycles. The van der Waals surface area contributed by atoms with Crippen molar-refractivity contribution in [1.29, 1.82) is 0 Å². The van der Waals surface area contributed by atoms with Crippen LogP contribution < -0.4 is 0 Å². The van der Waals surface area contributed by atoms with Gasteiger partial charge in [-0.3, -0.25) is 0 Å². The van der Waals surface area contributed by atoms with Crippen molar-refractivity contribution < 1.29 is 0 Å². The van der Waals surface area contributed by atoms with E-state index < -0.39 is 0 Å². The van der Waals surface area contributed by atoms with Crippen LogP contribution in [0.25, 0.3) is 41.7 Å². The van der Waals surface area contributed by atoms with Gasteiger partial charge in [-0.1, -0.05) is 0 Å². The zero-order valence-corrected chi connectivity index (χ0v) is 15.2. The van der Waals surface area contributed by atoms with Crippen LogP contribution in [0.2, 0.25) is 0 Å². The molecular formula is C23H15NSe. The van der Waals surface area contributed by atoms with E-state index in [1.807, 2.05) is 12.3 Å². The van der Waals surface area contributed by atoms with Crippen molar-refractivity contribution in [3.8, 4) is 22.4 Å². The van der Waals surface area contributed by atoms with Crippen molar-refractivity contribution >= 4 is 33.8 Å². The Morgan fingerprint density at radius 2 is 1.32 bits per heavy atom. The second-order valence-corrected chi connectivity index (χ2v) is 8.38. The molecule has 2 heterocycles. The number of hydrogen-bond donors (Lipinski definition) is 0. The third-order valence-electron chi connectivity index (χ3n) is 4.54. The summed E-state index contributed by atoms with van der Waals surface area (Å²) in [6, 6.07) is 30.3. The zero-order chi connectivity index (χ0) is 16.6. The molecular weight excluding hydrogens is 369 g/mol. The Kier molecular flexibility index (Phi) is 3.52. The quantitative estimate of drug-likeness (QED) is 0.352. The fourth-order valence-corrected chi connectivity index (χ4v) is 5.69. The second-order valence-electron chi connectivity index (χ2n) is 6.10. The predicted octanol–water partition coefficient (Wildman–Crippen LogP) is 5.78. The van der Waals surface area contributed by atoms with E-state index in [1.54, 1.807) is 0 Å². The Morgan fingerprint density at radius 1 is 0.560 bits per heavy atom. The second kappa shape index (κ2) is 6.00. The van der Waals surface area contributed by atoms with Crippen LogP contribution in [0.4, 0.5) is 0 Å². The van der Waals surface area contributed by atoms with E-state index in [0.29, 0.717) is 14.5 Å². The molecule has 25 heavy (non-hydrogen) atoms. The molecule has 0 bridgehead atoms. The first-order valence-corrected chi connectivity index (χ1v) is 10.0. The summed E-state index contributed by atoms with van der Waals surface area (Å²) in [6.45, 7) is 0. The van der Waals surface area contributed by atoms with Crippen LogP contribution >= 0.6 is 0 Å². The molecule has 5 aromatic rings. The van der Waals surface area contributed by atoms with E-state index in [1.165, 1.54) is 30.4 Å². The molecule has 0 aliphatic heterocycles. The zero-order valence-electron chi connectivity index (χ0n) is 13.5. The van der Waals surface area contributed by atoms with E-state index in [2.05, 4.69) is 83.8 Å². The van der Waals surface area contributed by atoms with E-state index in [4.69, 9.17) is 0 Å². The molecule has 0 spiro atoms. The van der Waals surface area contributed by atoms with Gasteiger partial charge in [0, 0.05) is 0 Å². The molecule has 3 aromatic carbocycles. The van der Waals surface area contributed by atoms with Crippen molar-refractivity contribution in [2.75, 3.05) is 0 Å². The van der Waals surface area contributed by atoms with E-state index in [-0.39, 0.29) is 0 Å². The van der Waals surface area contributed by atoms with Gasteiger partial charge in [0.15, 0.2) is 0 Å². The van der Waals surface area contributed by atoms with Crippen molar-refractivity contribution in [3.05, 3.63) is 91.1 Å². The summed E-state index contributed by atoms with van der Waals surface area (Å²) >= 11 is 0.400. The molecule has 2 heteroatoms. The Morgan fingerprint density at radius 3 is 2.24 bits per heavy atom. The van der Waals surface area contributed by atoms with Crippen LogP contribution in [0.5, 0.6) is 0 Å². The van der Waals surface area contributed by atoms with Gasteiger partial charge in [-0.05, 0) is 0 Å². The molecule has 5 rings (SSSR count). The molecule has 0 saturated carbocycles. The van der Waals surface area contributed by atoms with Crippen LogP contribution in [0.1, 0.15) is 0 Å². The number of hydrogen-bond acceptors (Lipinski definition) is 1. The maximum absolute atomic E-state index is 4.54. The number of pyridine rings is 1. The SMILES string of the molecule is c1ccc(-c2cc(-c3ccc4c(c3)[se]c3ccccc34)ccn2)cc1. The van der Waals surface area contributed by atoms with Crippen molar-refractivity contribution in [3.63, 3.8) is 0 Å². The summed E-state index contributed by atoms with van der Waals surface area (Å²) in [5, 5.41) is 2.81. The standard InChI is InChI=1S/C23H15NSe/c1-2-6-16(7-3-1)21-14-18(12-13-24-21)17-10-11-20-19-8-4-5-9-22(19)25-23(20)15-17/h1-15H. The van der Waals surface area contributed by atoms with Gasteiger partial charge >= 0.3 is 152 Å². The molecule has 0 aliphatic rings. The predicted molar refractivity (Wildman–Crippen MR) is 107 cm³/mol. The maximum atomic E-state index is 4.54. The molecule has 0 N–H and O–H groups in total. The van der Waals surface area contributed by atoms with Crippen LogP contribution in [-0.2, 0) is 0 Å². The van der Waals surface area contributed by atoms with Gasteiger partial charge in [0.1, 0.15) is 0 Å². The summed E-state index contributed by atoms with van der Waals surface area (Å²) in [5.41, 5.74) is 4.67. The number of rotatable bonds is 2. The van der Waals surface area contributed by atoms with Crippen LogP contribution in [-0.4, -0.2) is 19.5 Å². The summed E-state index contributed by atoms with van der Waals surface area (Å²) < 4.78 is 2.96. The van der Waals surface area contributed by atoms with Gasteiger partial charge < -0.3 is 0 Å². The van der Waals surface area contributed by atoms with Crippen molar-refractivity contribution in [2.45, 2.75) is 0 Å². The average Bonchev–Trinajstić information content (AvgIpc) is 3.06. The topological polar surface area (TPSA) is 12.9 Å². The minimum atomic E-state index is 0.400. The van der Waals surface area contributed by atoms with Crippen LogP contribution in [0.15, 0.2) is 91.1 Å². The van der Waals surface area contributed by atoms with Gasteiger partial charge in [-0.15, -0.1) is 0 Å². The first-order valence-electron chi connectivity index (χ1n) is 8.32. The molecule has 118 valence electrons. The van der Waals surface area contributed by atoms with E-state index in [9.17, 15) is 0 Å². The molecule has 2 aromatic heterocycles. The van der Waals surface area contributed by atoms with Gasteiger partial charge in [0.2, 0.25) is 0 Å². The minimum absolute atomic E-state index is 0.400. The Labute approximate surface area is 152 Å². The number of nitrogens with zero attached hydrogens (tertiary/aromatic N) is 1. The summed E-state index contributed by atoms with van der Waals surface area (Å²) in [6.07, 6.45) is 1.91. The Bertz CT molecular complexity index is 1190.